The van der Waals surface area contributed by atoms with Gasteiger partial charge in [0.2, 0.25) is 34.8 Å². The van der Waals surface area contributed by atoms with E-state index in [0.717, 1.165) is 22.3 Å². The van der Waals surface area contributed by atoms with Gasteiger partial charge in [-0.1, -0.05) is 69.3 Å². The summed E-state index contributed by atoms with van der Waals surface area (Å²) >= 11 is 1.20. The Morgan fingerprint density at radius 3 is 1.85 bits per heavy atom. The van der Waals surface area contributed by atoms with E-state index in [1.165, 1.54) is 11.8 Å². The highest BCUT2D eigenvalue weighted by Crippen LogP contribution is 2.44. The highest BCUT2D eigenvalue weighted by molar-refractivity contribution is 8.00. The van der Waals surface area contributed by atoms with Crippen LogP contribution in [-0.4, -0.2) is 35.2 Å². The minimum absolute atomic E-state index is 0.0777. The molecule has 11 heteroatoms. The number of thioether (sulfide) groups is 1. The highest BCUT2D eigenvalue weighted by Gasteiger charge is 2.33. The molecule has 0 heterocycles. The molecule has 3 aromatic rings. The first-order valence-electron chi connectivity index (χ1n) is 11.9. The Bertz CT molecular complexity index is 1350. The number of alkyl carbamates (subject to hydrolysis) is 1. The van der Waals surface area contributed by atoms with Gasteiger partial charge in [0, 0.05) is 16.4 Å². The van der Waals surface area contributed by atoms with E-state index in [-0.39, 0.29) is 18.3 Å². The molecule has 206 valence electrons. The van der Waals surface area contributed by atoms with Crippen LogP contribution in [0.3, 0.4) is 0 Å². The maximum Gasteiger partial charge on any atom is 0.407 e. The van der Waals surface area contributed by atoms with Crippen molar-refractivity contribution in [2.24, 2.45) is 0 Å². The Kier molecular flexibility index (Phi) is 8.20. The summed E-state index contributed by atoms with van der Waals surface area (Å²) in [6.45, 7) is 5.37. The number of amides is 1. The molecule has 5 nitrogen and oxygen atoms in total. The summed E-state index contributed by atoms with van der Waals surface area (Å²) in [5.41, 5.74) is 3.93. The standard InChI is InChI=1S/C28H24F5NO4S/c1-28(2,3)39-13-19(26(35)38-25-23(32)21(30)20(29)22(31)24(25)33)34-27(36)37-12-18-16-10-6-4-8-14(16)15-9-5-7-11-17(15)18/h4-11,18-19H,12-13H2,1-3H3,(H,34,36)/t19-/m1/s1. The van der Waals surface area contributed by atoms with Gasteiger partial charge in [-0.2, -0.15) is 20.5 Å². The van der Waals surface area contributed by atoms with Gasteiger partial charge in [0.1, 0.15) is 12.6 Å². The molecule has 0 aromatic heterocycles. The summed E-state index contributed by atoms with van der Waals surface area (Å²) in [6.07, 6.45) is -1.02. The normalized spacial score (nSPS) is 13.4. The van der Waals surface area contributed by atoms with Crippen LogP contribution in [0.2, 0.25) is 0 Å². The van der Waals surface area contributed by atoms with Crippen LogP contribution in [0, 0.1) is 29.1 Å². The van der Waals surface area contributed by atoms with Crippen LogP contribution >= 0.6 is 11.8 Å². The van der Waals surface area contributed by atoms with Crippen molar-refractivity contribution in [2.45, 2.75) is 37.5 Å². The Hall–Kier alpha value is -3.60. The number of nitrogens with one attached hydrogen (secondary N) is 1. The van der Waals surface area contributed by atoms with E-state index in [0.29, 0.717) is 0 Å². The van der Waals surface area contributed by atoms with E-state index in [1.54, 1.807) is 0 Å². The summed E-state index contributed by atoms with van der Waals surface area (Å²) in [6, 6.07) is 13.8. The molecule has 1 aliphatic carbocycles. The first-order chi connectivity index (χ1) is 18.4. The Balaban J connectivity index is 1.50. The first-order valence-corrected chi connectivity index (χ1v) is 12.9. The van der Waals surface area contributed by atoms with Crippen molar-refractivity contribution >= 4 is 23.8 Å². The van der Waals surface area contributed by atoms with E-state index < -0.39 is 57.7 Å². The topological polar surface area (TPSA) is 64.6 Å². The van der Waals surface area contributed by atoms with Gasteiger partial charge in [0.25, 0.3) is 0 Å². The monoisotopic (exact) mass is 565 g/mol. The molecular weight excluding hydrogens is 541 g/mol. The zero-order valence-corrected chi connectivity index (χ0v) is 21.9. The SMILES string of the molecule is CC(C)(C)SC[C@@H](NC(=O)OCC1c2ccccc2-c2ccccc21)C(=O)Oc1c(F)c(F)c(F)c(F)c1F. The quantitative estimate of drug-likeness (QED) is 0.113. The molecule has 0 saturated carbocycles. The molecule has 0 fully saturated rings. The van der Waals surface area contributed by atoms with Crippen LogP contribution < -0.4 is 10.1 Å². The van der Waals surface area contributed by atoms with Crippen LogP contribution in [0.5, 0.6) is 5.75 Å². The van der Waals surface area contributed by atoms with Gasteiger partial charge < -0.3 is 14.8 Å². The third-order valence-corrected chi connectivity index (χ3v) is 7.34. The molecule has 3 aromatic carbocycles. The van der Waals surface area contributed by atoms with E-state index in [2.05, 4.69) is 10.1 Å². The number of rotatable bonds is 7. The van der Waals surface area contributed by atoms with E-state index in [9.17, 15) is 31.5 Å². The van der Waals surface area contributed by atoms with Crippen LogP contribution in [0.15, 0.2) is 48.5 Å². The van der Waals surface area contributed by atoms with Gasteiger partial charge in [-0.15, -0.1) is 0 Å². The van der Waals surface area contributed by atoms with Gasteiger partial charge in [0.15, 0.2) is 0 Å². The average molecular weight is 566 g/mol. The molecule has 0 unspecified atom stereocenters. The second-order valence-electron chi connectivity index (χ2n) is 9.77. The number of fused-ring (bicyclic) bond motifs is 3. The Morgan fingerprint density at radius 1 is 0.846 bits per heavy atom. The predicted molar refractivity (Wildman–Crippen MR) is 136 cm³/mol. The maximum atomic E-state index is 14.1. The number of esters is 1. The fraction of sp³-hybridized carbons (Fsp3) is 0.286. The molecule has 0 radical (unpaired) electrons. The largest absolute Gasteiger partial charge is 0.449 e. The van der Waals surface area contributed by atoms with Crippen molar-refractivity contribution in [3.8, 4) is 16.9 Å². The molecular formula is C28H24F5NO4S. The van der Waals surface area contributed by atoms with Crippen molar-refractivity contribution < 1.29 is 41.0 Å². The summed E-state index contributed by atoms with van der Waals surface area (Å²) in [4.78, 5) is 25.5. The molecule has 39 heavy (non-hydrogen) atoms. The van der Waals surface area contributed by atoms with Crippen LogP contribution in [0.25, 0.3) is 11.1 Å². The molecule has 1 aliphatic rings. The molecule has 1 N–H and O–H groups in total. The summed E-state index contributed by atoms with van der Waals surface area (Å²) in [5.74, 6) is -15.1. The Morgan fingerprint density at radius 2 is 1.33 bits per heavy atom. The van der Waals surface area contributed by atoms with Crippen LogP contribution in [0.4, 0.5) is 26.7 Å². The second kappa shape index (κ2) is 11.3. The van der Waals surface area contributed by atoms with Crippen molar-refractivity contribution in [2.75, 3.05) is 12.4 Å². The summed E-state index contributed by atoms with van der Waals surface area (Å²) in [5, 5.41) is 2.30. The van der Waals surface area contributed by atoms with Crippen molar-refractivity contribution in [1.82, 2.24) is 5.32 Å². The fourth-order valence-electron chi connectivity index (χ4n) is 4.13. The highest BCUT2D eigenvalue weighted by atomic mass is 32.2. The predicted octanol–water partition coefficient (Wildman–Crippen LogP) is 6.73. The minimum atomic E-state index is -2.39. The van der Waals surface area contributed by atoms with Gasteiger partial charge in [-0.25, -0.2) is 22.8 Å². The van der Waals surface area contributed by atoms with Crippen molar-refractivity contribution in [1.29, 1.82) is 0 Å². The zero-order valence-electron chi connectivity index (χ0n) is 21.1. The van der Waals surface area contributed by atoms with Crippen molar-refractivity contribution in [3.05, 3.63) is 88.7 Å². The number of hydrogen-bond donors (Lipinski definition) is 1. The number of hydrogen-bond acceptors (Lipinski definition) is 5. The smallest absolute Gasteiger partial charge is 0.407 e. The number of benzene rings is 3. The zero-order chi connectivity index (χ0) is 28.5. The van der Waals surface area contributed by atoms with E-state index >= 15 is 0 Å². The maximum absolute atomic E-state index is 14.1. The number of halogens is 5. The van der Waals surface area contributed by atoms with E-state index in [4.69, 9.17) is 4.74 Å². The molecule has 1 atom stereocenters. The van der Waals surface area contributed by atoms with E-state index in [1.807, 2.05) is 69.3 Å². The number of carbonyl (C=O) groups excluding carboxylic acids is 2. The molecule has 0 bridgehead atoms. The third-order valence-electron chi connectivity index (χ3n) is 5.98. The van der Waals surface area contributed by atoms with Crippen molar-refractivity contribution in [3.63, 3.8) is 0 Å². The lowest BCUT2D eigenvalue weighted by molar-refractivity contribution is -0.136. The van der Waals surface area contributed by atoms with Gasteiger partial charge in [0.05, 0.1) is 0 Å². The summed E-state index contributed by atoms with van der Waals surface area (Å²) < 4.78 is 78.3. The lowest BCUT2D eigenvalue weighted by Crippen LogP contribution is -2.46. The fourth-order valence-corrected chi connectivity index (χ4v) is 5.02. The van der Waals surface area contributed by atoms with Gasteiger partial charge >= 0.3 is 12.1 Å². The lowest BCUT2D eigenvalue weighted by Gasteiger charge is -2.23. The van der Waals surface area contributed by atoms with Crippen LogP contribution in [0.1, 0.15) is 37.8 Å². The first kappa shape index (κ1) is 28.4. The minimum Gasteiger partial charge on any atom is -0.449 e. The summed E-state index contributed by atoms with van der Waals surface area (Å²) in [7, 11) is 0. The number of ether oxygens (including phenoxy) is 2. The van der Waals surface area contributed by atoms with Gasteiger partial charge in [-0.3, -0.25) is 0 Å². The molecule has 1 amide bonds. The van der Waals surface area contributed by atoms with Gasteiger partial charge in [-0.05, 0) is 22.3 Å². The lowest BCUT2D eigenvalue weighted by atomic mass is 9.98. The molecule has 0 saturated heterocycles. The molecule has 4 rings (SSSR count). The van der Waals surface area contributed by atoms with Crippen LogP contribution in [-0.2, 0) is 9.53 Å². The third kappa shape index (κ3) is 6.03. The number of carbonyl (C=O) groups is 2. The average Bonchev–Trinajstić information content (AvgIpc) is 3.23. The Labute approximate surface area is 225 Å². The second-order valence-corrected chi connectivity index (χ2v) is 11.6. The molecule has 0 aliphatic heterocycles. The molecule has 0 spiro atoms.